The largest absolute Gasteiger partial charge is 0.456 e. The molecule has 4 aromatic rings. The molecule has 0 saturated carbocycles. The summed E-state index contributed by atoms with van der Waals surface area (Å²) in [6.07, 6.45) is 3.32. The van der Waals surface area contributed by atoms with Crippen molar-refractivity contribution in [3.05, 3.63) is 54.6 Å². The molecule has 0 aliphatic heterocycles. The van der Waals surface area contributed by atoms with Gasteiger partial charge in [-0.1, -0.05) is 28.2 Å². The predicted octanol–water partition coefficient (Wildman–Crippen LogP) is 3.18. The van der Waals surface area contributed by atoms with E-state index in [1.54, 1.807) is 12.7 Å². The van der Waals surface area contributed by atoms with Crippen molar-refractivity contribution < 1.29 is 8.98 Å². The van der Waals surface area contributed by atoms with Crippen molar-refractivity contribution >= 4 is 21.9 Å². The van der Waals surface area contributed by atoms with Crippen LogP contribution in [0.4, 0.5) is 0 Å². The Morgan fingerprint density at radius 3 is 2.76 bits per heavy atom. The molecule has 0 bridgehead atoms. The number of hydrogen-bond acceptors (Lipinski definition) is 3. The summed E-state index contributed by atoms with van der Waals surface area (Å²) in [5, 5.41) is 2.29. The van der Waals surface area contributed by atoms with Crippen molar-refractivity contribution in [2.24, 2.45) is 7.05 Å². The first-order valence-electron chi connectivity index (χ1n) is 6.82. The first-order valence-corrected chi connectivity index (χ1v) is 6.82. The van der Waals surface area contributed by atoms with Gasteiger partial charge in [-0.05, 0) is 30.7 Å². The number of aryl methyl sites for hydroxylation is 2. The van der Waals surface area contributed by atoms with Crippen molar-refractivity contribution in [1.29, 1.82) is 0 Å². The van der Waals surface area contributed by atoms with Crippen LogP contribution in [-0.2, 0) is 7.05 Å². The molecule has 0 saturated heterocycles. The zero-order valence-electron chi connectivity index (χ0n) is 11.9. The molecule has 4 heteroatoms. The van der Waals surface area contributed by atoms with Crippen molar-refractivity contribution in [1.82, 2.24) is 9.97 Å². The van der Waals surface area contributed by atoms with Crippen LogP contribution in [0.3, 0.4) is 0 Å². The van der Waals surface area contributed by atoms with E-state index in [-0.39, 0.29) is 0 Å². The van der Waals surface area contributed by atoms with E-state index in [1.165, 1.54) is 5.56 Å². The zero-order chi connectivity index (χ0) is 14.4. The summed E-state index contributed by atoms with van der Waals surface area (Å²) in [5.74, 6) is 0.879. The first-order chi connectivity index (χ1) is 10.2. The van der Waals surface area contributed by atoms with E-state index in [2.05, 4.69) is 35.1 Å². The number of fused-ring (bicyclic) bond motifs is 3. The van der Waals surface area contributed by atoms with Gasteiger partial charge in [0.1, 0.15) is 11.2 Å². The number of rotatable bonds is 1. The van der Waals surface area contributed by atoms with Gasteiger partial charge in [0.15, 0.2) is 0 Å². The molecule has 0 N–H and O–H groups in total. The molecule has 0 aliphatic carbocycles. The molecule has 0 radical (unpaired) electrons. The molecule has 4 rings (SSSR count). The lowest BCUT2D eigenvalue weighted by Gasteiger charge is -2.03. The summed E-state index contributed by atoms with van der Waals surface area (Å²) in [4.78, 5) is 8.41. The van der Waals surface area contributed by atoms with Crippen molar-refractivity contribution in [3.8, 4) is 11.4 Å². The molecule has 0 aliphatic rings. The van der Waals surface area contributed by atoms with E-state index in [4.69, 9.17) is 4.42 Å². The standard InChI is InChI=1S/C17H14N3O/c1-11-7-14-12-5-3-4-6-15(12)21-16(14)8-13(11)17-19-9-18-10-20(17)2/h3-10H,1-2H3/q+1. The van der Waals surface area contributed by atoms with Crippen LogP contribution in [0.15, 0.2) is 53.5 Å². The summed E-state index contributed by atoms with van der Waals surface area (Å²) in [6.45, 7) is 2.10. The maximum Gasteiger partial charge on any atom is 0.273 e. The van der Waals surface area contributed by atoms with Gasteiger partial charge in [0, 0.05) is 10.8 Å². The number of furan rings is 1. The van der Waals surface area contributed by atoms with E-state index >= 15 is 0 Å². The minimum Gasteiger partial charge on any atom is -0.456 e. The minimum absolute atomic E-state index is 0.879. The van der Waals surface area contributed by atoms with Crippen LogP contribution in [0.2, 0.25) is 0 Å². The molecule has 2 heterocycles. The highest BCUT2D eigenvalue weighted by molar-refractivity contribution is 6.06. The fraction of sp³-hybridized carbons (Fsp3) is 0.118. The third-order valence-electron chi connectivity index (χ3n) is 3.79. The summed E-state index contributed by atoms with van der Waals surface area (Å²) in [5.41, 5.74) is 4.03. The quantitative estimate of drug-likeness (QED) is 0.501. The van der Waals surface area contributed by atoms with Gasteiger partial charge in [-0.2, -0.15) is 0 Å². The fourth-order valence-electron chi connectivity index (χ4n) is 2.74. The minimum atomic E-state index is 0.879. The number of para-hydroxylation sites is 1. The molecule has 0 atom stereocenters. The summed E-state index contributed by atoms with van der Waals surface area (Å²) in [6, 6.07) is 12.3. The van der Waals surface area contributed by atoms with E-state index in [1.807, 2.05) is 29.8 Å². The van der Waals surface area contributed by atoms with Crippen LogP contribution in [0, 0.1) is 6.92 Å². The highest BCUT2D eigenvalue weighted by Crippen LogP contribution is 2.32. The van der Waals surface area contributed by atoms with Crippen molar-refractivity contribution in [3.63, 3.8) is 0 Å². The van der Waals surface area contributed by atoms with Crippen LogP contribution < -0.4 is 4.57 Å². The number of nitrogens with zero attached hydrogens (tertiary/aromatic N) is 3. The third kappa shape index (κ3) is 1.80. The lowest BCUT2D eigenvalue weighted by Crippen LogP contribution is -2.32. The van der Waals surface area contributed by atoms with Gasteiger partial charge in [-0.25, -0.2) is 4.57 Å². The number of benzene rings is 2. The van der Waals surface area contributed by atoms with Crippen molar-refractivity contribution in [2.45, 2.75) is 6.92 Å². The van der Waals surface area contributed by atoms with Gasteiger partial charge in [0.05, 0.1) is 12.6 Å². The Bertz CT molecular complexity index is 972. The molecule has 0 fully saturated rings. The molecular formula is C17H14N3O+. The lowest BCUT2D eigenvalue weighted by atomic mass is 10.0. The maximum atomic E-state index is 5.96. The zero-order valence-corrected chi connectivity index (χ0v) is 11.9. The Morgan fingerprint density at radius 2 is 1.90 bits per heavy atom. The van der Waals surface area contributed by atoms with E-state index in [0.29, 0.717) is 0 Å². The molecule has 2 aromatic carbocycles. The fourth-order valence-corrected chi connectivity index (χ4v) is 2.74. The number of aromatic nitrogens is 3. The highest BCUT2D eigenvalue weighted by atomic mass is 16.3. The molecular weight excluding hydrogens is 262 g/mol. The second kappa shape index (κ2) is 4.38. The Labute approximate surface area is 121 Å². The summed E-state index contributed by atoms with van der Waals surface area (Å²) < 4.78 is 7.87. The lowest BCUT2D eigenvalue weighted by molar-refractivity contribution is -0.666. The molecule has 0 amide bonds. The Hall–Kier alpha value is -2.75. The second-order valence-corrected chi connectivity index (χ2v) is 5.21. The summed E-state index contributed by atoms with van der Waals surface area (Å²) >= 11 is 0. The Balaban J connectivity index is 2.06. The van der Waals surface area contributed by atoms with Gasteiger partial charge in [0.2, 0.25) is 6.33 Å². The monoisotopic (exact) mass is 276 g/mol. The molecule has 102 valence electrons. The molecule has 4 nitrogen and oxygen atoms in total. The second-order valence-electron chi connectivity index (χ2n) is 5.21. The van der Waals surface area contributed by atoms with Crippen LogP contribution in [0.25, 0.3) is 33.3 Å². The van der Waals surface area contributed by atoms with Gasteiger partial charge in [-0.3, -0.25) is 0 Å². The van der Waals surface area contributed by atoms with Gasteiger partial charge >= 0.3 is 0 Å². The van der Waals surface area contributed by atoms with E-state index in [9.17, 15) is 0 Å². The highest BCUT2D eigenvalue weighted by Gasteiger charge is 2.16. The summed E-state index contributed by atoms with van der Waals surface area (Å²) in [7, 11) is 1.94. The average molecular weight is 276 g/mol. The molecule has 0 spiro atoms. The topological polar surface area (TPSA) is 42.8 Å². The van der Waals surface area contributed by atoms with Gasteiger partial charge in [0.25, 0.3) is 12.2 Å². The average Bonchev–Trinajstić information content (AvgIpc) is 2.85. The Kier molecular flexibility index (Phi) is 2.51. The Morgan fingerprint density at radius 1 is 1.05 bits per heavy atom. The van der Waals surface area contributed by atoms with Crippen LogP contribution >= 0.6 is 0 Å². The van der Waals surface area contributed by atoms with Crippen molar-refractivity contribution in [2.75, 3.05) is 0 Å². The van der Waals surface area contributed by atoms with Crippen LogP contribution in [0.5, 0.6) is 0 Å². The number of hydrogen-bond donors (Lipinski definition) is 0. The SMILES string of the molecule is Cc1cc2c(cc1-c1ncnc[n+]1C)oc1ccccc12. The van der Waals surface area contributed by atoms with Gasteiger partial charge < -0.3 is 4.42 Å². The molecule has 21 heavy (non-hydrogen) atoms. The maximum absolute atomic E-state index is 5.96. The first kappa shape index (κ1) is 12.0. The van der Waals surface area contributed by atoms with Crippen LogP contribution in [0.1, 0.15) is 5.56 Å². The molecule has 2 aromatic heterocycles. The predicted molar refractivity (Wildman–Crippen MR) is 80.7 cm³/mol. The van der Waals surface area contributed by atoms with E-state index in [0.717, 1.165) is 33.3 Å². The van der Waals surface area contributed by atoms with E-state index < -0.39 is 0 Å². The third-order valence-corrected chi connectivity index (χ3v) is 3.79. The van der Waals surface area contributed by atoms with Gasteiger partial charge in [-0.15, -0.1) is 0 Å². The normalized spacial score (nSPS) is 11.3. The van der Waals surface area contributed by atoms with Crippen LogP contribution in [-0.4, -0.2) is 9.97 Å². The molecule has 0 unspecified atom stereocenters. The smallest absolute Gasteiger partial charge is 0.273 e.